The number of piperazine rings is 1. The third kappa shape index (κ3) is 5.58. The molecule has 1 amide bonds. The summed E-state index contributed by atoms with van der Waals surface area (Å²) in [6.07, 6.45) is -0.194. The maximum Gasteiger partial charge on any atom is 0.219 e. The Kier molecular flexibility index (Phi) is 7.13. The summed E-state index contributed by atoms with van der Waals surface area (Å²) in [5.41, 5.74) is 2.05. The summed E-state index contributed by atoms with van der Waals surface area (Å²) >= 11 is 12.6. The number of nitrogens with zero attached hydrogens (tertiary/aromatic N) is 2. The Hall–Kier alpha value is -2.11. The van der Waals surface area contributed by atoms with Crippen LogP contribution in [0.25, 0.3) is 10.8 Å². The highest BCUT2D eigenvalue weighted by Crippen LogP contribution is 2.30. The van der Waals surface area contributed by atoms with Crippen molar-refractivity contribution in [3.05, 3.63) is 81.8 Å². The second kappa shape index (κ2) is 10.0. The van der Waals surface area contributed by atoms with E-state index in [0.29, 0.717) is 23.2 Å². The number of carbonyl (C=O) groups excluding carboxylic acids is 1. The average Bonchev–Trinajstić information content (AvgIpc) is 2.77. The van der Waals surface area contributed by atoms with Gasteiger partial charge in [0.15, 0.2) is 0 Å². The molecule has 1 aliphatic heterocycles. The first kappa shape index (κ1) is 22.1. The fourth-order valence-corrected chi connectivity index (χ4v) is 4.54. The summed E-state index contributed by atoms with van der Waals surface area (Å²) in [5, 5.41) is 3.63. The number of hydrogen-bond donors (Lipinski definition) is 0. The molecule has 162 valence electrons. The van der Waals surface area contributed by atoms with Crippen molar-refractivity contribution in [2.24, 2.45) is 0 Å². The van der Waals surface area contributed by atoms with E-state index in [-0.39, 0.29) is 12.0 Å². The Morgan fingerprint density at radius 1 is 0.968 bits per heavy atom. The molecule has 1 atom stereocenters. The molecule has 0 saturated carbocycles. The predicted octanol–water partition coefficient (Wildman–Crippen LogP) is 5.57. The van der Waals surface area contributed by atoms with E-state index in [1.54, 1.807) is 13.0 Å². The van der Waals surface area contributed by atoms with Gasteiger partial charge >= 0.3 is 0 Å². The molecule has 1 aliphatic rings. The lowest BCUT2D eigenvalue weighted by Crippen LogP contribution is -2.49. The van der Waals surface area contributed by atoms with Crippen molar-refractivity contribution < 1.29 is 9.53 Å². The smallest absolute Gasteiger partial charge is 0.219 e. The Labute approximate surface area is 193 Å². The molecule has 4 rings (SSSR count). The van der Waals surface area contributed by atoms with E-state index in [2.05, 4.69) is 35.2 Å². The molecule has 0 aliphatic carbocycles. The van der Waals surface area contributed by atoms with Crippen LogP contribution in [-0.4, -0.2) is 48.4 Å². The fraction of sp³-hybridized carbons (Fsp3) is 0.320. The van der Waals surface area contributed by atoms with Crippen molar-refractivity contribution in [3.63, 3.8) is 0 Å². The summed E-state index contributed by atoms with van der Waals surface area (Å²) in [6, 6.07) is 20.3. The number of hydrogen-bond acceptors (Lipinski definition) is 3. The van der Waals surface area contributed by atoms with Gasteiger partial charge < -0.3 is 9.64 Å². The minimum atomic E-state index is -0.194. The lowest BCUT2D eigenvalue weighted by molar-refractivity contribution is -0.130. The highest BCUT2D eigenvalue weighted by Gasteiger charge is 2.24. The molecule has 6 heteroatoms. The Balaban J connectivity index is 1.49. The number of carbonyl (C=O) groups is 1. The van der Waals surface area contributed by atoms with Gasteiger partial charge in [-0.05, 0) is 34.5 Å². The van der Waals surface area contributed by atoms with E-state index in [4.69, 9.17) is 27.9 Å². The maximum atomic E-state index is 11.6. The molecule has 0 aromatic heterocycles. The van der Waals surface area contributed by atoms with Crippen LogP contribution in [0.2, 0.25) is 10.0 Å². The average molecular weight is 457 g/mol. The van der Waals surface area contributed by atoms with Crippen LogP contribution in [0.1, 0.15) is 24.2 Å². The maximum absolute atomic E-state index is 11.6. The van der Waals surface area contributed by atoms with Crippen molar-refractivity contribution in [1.82, 2.24) is 9.80 Å². The van der Waals surface area contributed by atoms with Gasteiger partial charge in [-0.25, -0.2) is 0 Å². The van der Waals surface area contributed by atoms with Gasteiger partial charge in [-0.3, -0.25) is 9.69 Å². The molecule has 4 nitrogen and oxygen atoms in total. The van der Waals surface area contributed by atoms with Crippen molar-refractivity contribution in [2.75, 3.05) is 32.7 Å². The molecule has 1 unspecified atom stereocenters. The predicted molar refractivity (Wildman–Crippen MR) is 127 cm³/mol. The first-order valence-corrected chi connectivity index (χ1v) is 11.3. The lowest BCUT2D eigenvalue weighted by atomic mass is 10.1. The van der Waals surface area contributed by atoms with Crippen LogP contribution in [0.4, 0.5) is 0 Å². The van der Waals surface area contributed by atoms with Crippen LogP contribution in [0.5, 0.6) is 0 Å². The van der Waals surface area contributed by atoms with Gasteiger partial charge in [-0.1, -0.05) is 65.7 Å². The van der Waals surface area contributed by atoms with Crippen LogP contribution in [-0.2, 0) is 16.1 Å². The normalized spacial score (nSPS) is 15.9. The lowest BCUT2D eigenvalue weighted by Gasteiger charge is -2.36. The SMILES string of the molecule is CC(=O)N1CCN(CC(OCc2ccc3ccccc3c2)c2ccc(Cl)cc2Cl)CC1. The third-order valence-electron chi connectivity index (χ3n) is 5.82. The molecule has 1 fully saturated rings. The highest BCUT2D eigenvalue weighted by molar-refractivity contribution is 6.35. The van der Waals surface area contributed by atoms with Gasteiger partial charge in [0.05, 0.1) is 12.7 Å². The van der Waals surface area contributed by atoms with Crippen molar-refractivity contribution >= 4 is 39.9 Å². The standard InChI is InChI=1S/C25H26Cl2N2O2/c1-18(30)29-12-10-28(11-13-29)16-25(23-9-8-22(26)15-24(23)27)31-17-19-6-7-20-4-2-3-5-21(20)14-19/h2-9,14-15,25H,10-13,16-17H2,1H3. The van der Waals surface area contributed by atoms with E-state index < -0.39 is 0 Å². The monoisotopic (exact) mass is 456 g/mol. The van der Waals surface area contributed by atoms with Gasteiger partial charge in [-0.15, -0.1) is 0 Å². The molecule has 1 heterocycles. The number of ether oxygens (including phenoxy) is 1. The number of benzene rings is 3. The quantitative estimate of drug-likeness (QED) is 0.485. The zero-order valence-corrected chi connectivity index (χ0v) is 19.1. The first-order chi connectivity index (χ1) is 15.0. The topological polar surface area (TPSA) is 32.8 Å². The minimum Gasteiger partial charge on any atom is -0.367 e. The summed E-state index contributed by atoms with van der Waals surface area (Å²) in [6.45, 7) is 5.94. The van der Waals surface area contributed by atoms with E-state index in [0.717, 1.165) is 37.3 Å². The Morgan fingerprint density at radius 3 is 2.42 bits per heavy atom. The van der Waals surface area contributed by atoms with E-state index in [1.807, 2.05) is 29.2 Å². The molecule has 0 N–H and O–H groups in total. The first-order valence-electron chi connectivity index (χ1n) is 10.5. The zero-order valence-electron chi connectivity index (χ0n) is 17.6. The van der Waals surface area contributed by atoms with Gasteiger partial charge in [0.2, 0.25) is 5.91 Å². The van der Waals surface area contributed by atoms with Crippen LogP contribution in [0.15, 0.2) is 60.7 Å². The summed E-state index contributed by atoms with van der Waals surface area (Å²) in [4.78, 5) is 15.8. The van der Waals surface area contributed by atoms with Crippen LogP contribution < -0.4 is 0 Å². The Bertz CT molecular complexity index is 1060. The number of amides is 1. The van der Waals surface area contributed by atoms with Crippen molar-refractivity contribution in [3.8, 4) is 0 Å². The van der Waals surface area contributed by atoms with Crippen molar-refractivity contribution in [2.45, 2.75) is 19.6 Å². The Morgan fingerprint density at radius 2 is 1.71 bits per heavy atom. The number of rotatable bonds is 6. The summed E-state index contributed by atoms with van der Waals surface area (Å²) in [7, 11) is 0. The molecule has 0 radical (unpaired) electrons. The second-order valence-electron chi connectivity index (χ2n) is 7.95. The molecular formula is C25H26Cl2N2O2. The molecular weight excluding hydrogens is 431 g/mol. The molecule has 31 heavy (non-hydrogen) atoms. The largest absolute Gasteiger partial charge is 0.367 e. The van der Waals surface area contributed by atoms with E-state index in [9.17, 15) is 4.79 Å². The van der Waals surface area contributed by atoms with E-state index >= 15 is 0 Å². The van der Waals surface area contributed by atoms with E-state index in [1.165, 1.54) is 10.8 Å². The number of halogens is 2. The fourth-order valence-electron chi connectivity index (χ4n) is 4.01. The molecule has 3 aromatic carbocycles. The van der Waals surface area contributed by atoms with Crippen molar-refractivity contribution in [1.29, 1.82) is 0 Å². The van der Waals surface area contributed by atoms with Gasteiger partial charge in [0.25, 0.3) is 0 Å². The van der Waals surface area contributed by atoms with Gasteiger partial charge in [0.1, 0.15) is 0 Å². The molecule has 1 saturated heterocycles. The molecule has 3 aromatic rings. The van der Waals surface area contributed by atoms with Crippen LogP contribution in [0.3, 0.4) is 0 Å². The summed E-state index contributed by atoms with van der Waals surface area (Å²) < 4.78 is 6.41. The number of fused-ring (bicyclic) bond motifs is 1. The van der Waals surface area contributed by atoms with Gasteiger partial charge in [0, 0.05) is 55.3 Å². The molecule has 0 spiro atoms. The zero-order chi connectivity index (χ0) is 21.8. The summed E-state index contributed by atoms with van der Waals surface area (Å²) in [5.74, 6) is 0.129. The minimum absolute atomic E-state index is 0.129. The van der Waals surface area contributed by atoms with Crippen LogP contribution in [0, 0.1) is 0 Å². The molecule has 0 bridgehead atoms. The van der Waals surface area contributed by atoms with Gasteiger partial charge in [-0.2, -0.15) is 0 Å². The third-order valence-corrected chi connectivity index (χ3v) is 6.38. The second-order valence-corrected chi connectivity index (χ2v) is 8.80. The highest BCUT2D eigenvalue weighted by atomic mass is 35.5. The van der Waals surface area contributed by atoms with Crippen LogP contribution >= 0.6 is 23.2 Å².